The van der Waals surface area contributed by atoms with E-state index in [2.05, 4.69) is 31.2 Å². The van der Waals surface area contributed by atoms with Gasteiger partial charge in [-0.05, 0) is 24.6 Å². The molecule has 6 heteroatoms. The van der Waals surface area contributed by atoms with Crippen molar-refractivity contribution in [2.45, 2.75) is 29.1 Å². The predicted octanol–water partition coefficient (Wildman–Crippen LogP) is 4.49. The molecule has 4 nitrogen and oxygen atoms in total. The molecule has 27 heavy (non-hydrogen) atoms. The Balaban J connectivity index is 1.80. The van der Waals surface area contributed by atoms with Crippen molar-refractivity contribution in [3.8, 4) is 11.4 Å². The molecule has 2 aromatic carbocycles. The third-order valence-corrected chi connectivity index (χ3v) is 6.56. The van der Waals surface area contributed by atoms with Gasteiger partial charge in [0.1, 0.15) is 5.75 Å². The number of aromatic nitrogens is 2. The molecular formula is C21H20N2O2S2. The molecule has 0 fully saturated rings. The minimum Gasteiger partial charge on any atom is -0.495 e. The summed E-state index contributed by atoms with van der Waals surface area (Å²) in [7, 11) is 1.62. The molecule has 1 aliphatic heterocycles. The number of benzene rings is 2. The van der Waals surface area contributed by atoms with Gasteiger partial charge in [-0.3, -0.25) is 9.36 Å². The summed E-state index contributed by atoms with van der Waals surface area (Å²) < 4.78 is 7.21. The van der Waals surface area contributed by atoms with Gasteiger partial charge in [-0.15, -0.1) is 11.8 Å². The normalized spacial score (nSPS) is 12.8. The van der Waals surface area contributed by atoms with Gasteiger partial charge in [-0.2, -0.15) is 0 Å². The molecule has 1 aromatic heterocycles. The Kier molecular flexibility index (Phi) is 5.27. The first-order chi connectivity index (χ1) is 13.2. The standard InChI is InChI=1S/C21H20N2O2S2/c1-14-6-5-7-15(12-14)13-27-21-22-16-10-11-26-19(16)20(24)23(21)17-8-3-4-9-18(17)25-2/h3-9,12H,10-11,13H2,1-2H3. The van der Waals surface area contributed by atoms with Crippen molar-refractivity contribution < 1.29 is 4.74 Å². The maximum atomic E-state index is 13.2. The Morgan fingerprint density at radius 1 is 1.22 bits per heavy atom. The fourth-order valence-corrected chi connectivity index (χ4v) is 5.15. The molecule has 0 aliphatic carbocycles. The Bertz CT molecular complexity index is 1050. The lowest BCUT2D eigenvalue weighted by atomic mass is 10.2. The van der Waals surface area contributed by atoms with Crippen molar-refractivity contribution in [3.05, 3.63) is 75.7 Å². The fraction of sp³-hybridized carbons (Fsp3) is 0.238. The Morgan fingerprint density at radius 3 is 2.89 bits per heavy atom. The van der Waals surface area contributed by atoms with Gasteiger partial charge < -0.3 is 4.74 Å². The number of rotatable bonds is 5. The zero-order valence-electron chi connectivity index (χ0n) is 15.3. The van der Waals surface area contributed by atoms with Crippen LogP contribution in [-0.2, 0) is 12.2 Å². The molecule has 0 unspecified atom stereocenters. The van der Waals surface area contributed by atoms with Gasteiger partial charge in [0.05, 0.1) is 23.4 Å². The summed E-state index contributed by atoms with van der Waals surface area (Å²) in [6.45, 7) is 2.09. The summed E-state index contributed by atoms with van der Waals surface area (Å²) >= 11 is 3.19. The van der Waals surface area contributed by atoms with E-state index >= 15 is 0 Å². The lowest BCUT2D eigenvalue weighted by Crippen LogP contribution is -2.24. The molecule has 3 aromatic rings. The average Bonchev–Trinajstić information content (AvgIpc) is 3.15. The van der Waals surface area contributed by atoms with Crippen LogP contribution in [0.3, 0.4) is 0 Å². The van der Waals surface area contributed by atoms with E-state index < -0.39 is 0 Å². The molecule has 1 aliphatic rings. The van der Waals surface area contributed by atoms with Gasteiger partial charge in [0.15, 0.2) is 5.16 Å². The molecular weight excluding hydrogens is 376 g/mol. The number of fused-ring (bicyclic) bond motifs is 1. The molecule has 0 bridgehead atoms. The molecule has 2 heterocycles. The van der Waals surface area contributed by atoms with Crippen molar-refractivity contribution in [1.82, 2.24) is 9.55 Å². The van der Waals surface area contributed by atoms with Gasteiger partial charge in [-0.1, -0.05) is 53.7 Å². The van der Waals surface area contributed by atoms with Crippen LogP contribution in [0.4, 0.5) is 0 Å². The first-order valence-corrected chi connectivity index (χ1v) is 10.7. The van der Waals surface area contributed by atoms with E-state index in [9.17, 15) is 4.79 Å². The molecule has 0 N–H and O–H groups in total. The first-order valence-electron chi connectivity index (χ1n) is 8.78. The first kappa shape index (κ1) is 18.2. The van der Waals surface area contributed by atoms with Crippen LogP contribution in [-0.4, -0.2) is 22.4 Å². The number of hydrogen-bond acceptors (Lipinski definition) is 5. The number of para-hydroxylation sites is 2. The summed E-state index contributed by atoms with van der Waals surface area (Å²) in [4.78, 5) is 18.9. The highest BCUT2D eigenvalue weighted by Crippen LogP contribution is 2.33. The number of hydrogen-bond donors (Lipinski definition) is 0. The van der Waals surface area contributed by atoms with Crippen LogP contribution in [0, 0.1) is 6.92 Å². The lowest BCUT2D eigenvalue weighted by molar-refractivity contribution is 0.411. The third-order valence-electron chi connectivity index (χ3n) is 4.44. The smallest absolute Gasteiger partial charge is 0.272 e. The Morgan fingerprint density at radius 2 is 2.07 bits per heavy atom. The highest BCUT2D eigenvalue weighted by atomic mass is 32.2. The highest BCUT2D eigenvalue weighted by Gasteiger charge is 2.23. The highest BCUT2D eigenvalue weighted by molar-refractivity contribution is 7.99. The van der Waals surface area contributed by atoms with E-state index in [1.807, 2.05) is 24.3 Å². The van der Waals surface area contributed by atoms with Crippen molar-refractivity contribution in [2.75, 3.05) is 12.9 Å². The number of nitrogens with zero attached hydrogens (tertiary/aromatic N) is 2. The second-order valence-electron chi connectivity index (χ2n) is 6.36. The second kappa shape index (κ2) is 7.82. The molecule has 0 amide bonds. The van der Waals surface area contributed by atoms with E-state index in [0.717, 1.165) is 34.2 Å². The maximum Gasteiger partial charge on any atom is 0.272 e. The van der Waals surface area contributed by atoms with Gasteiger partial charge in [0.2, 0.25) is 0 Å². The average molecular weight is 397 g/mol. The van der Waals surface area contributed by atoms with Gasteiger partial charge in [-0.25, -0.2) is 4.98 Å². The van der Waals surface area contributed by atoms with Gasteiger partial charge in [0, 0.05) is 17.9 Å². The summed E-state index contributed by atoms with van der Waals surface area (Å²) in [6.07, 6.45) is 0.847. The molecule has 4 rings (SSSR count). The third kappa shape index (κ3) is 3.64. The molecule has 0 spiro atoms. The van der Waals surface area contributed by atoms with E-state index in [1.54, 1.807) is 35.2 Å². The van der Waals surface area contributed by atoms with Gasteiger partial charge >= 0.3 is 0 Å². The summed E-state index contributed by atoms with van der Waals surface area (Å²) in [5.74, 6) is 2.34. The molecule has 138 valence electrons. The molecule has 0 radical (unpaired) electrons. The quantitative estimate of drug-likeness (QED) is 0.470. The van der Waals surface area contributed by atoms with Crippen molar-refractivity contribution in [1.29, 1.82) is 0 Å². The van der Waals surface area contributed by atoms with Crippen molar-refractivity contribution in [3.63, 3.8) is 0 Å². The monoisotopic (exact) mass is 396 g/mol. The van der Waals surface area contributed by atoms with E-state index in [0.29, 0.717) is 10.9 Å². The zero-order valence-corrected chi connectivity index (χ0v) is 16.9. The predicted molar refractivity (Wildman–Crippen MR) is 112 cm³/mol. The Labute approximate surface area is 167 Å². The van der Waals surface area contributed by atoms with E-state index in [1.165, 1.54) is 11.1 Å². The fourth-order valence-electron chi connectivity index (χ4n) is 3.17. The minimum absolute atomic E-state index is 0.00116. The largest absolute Gasteiger partial charge is 0.495 e. The topological polar surface area (TPSA) is 44.1 Å². The van der Waals surface area contributed by atoms with E-state index in [-0.39, 0.29) is 5.56 Å². The van der Waals surface area contributed by atoms with Crippen LogP contribution in [0.1, 0.15) is 16.8 Å². The van der Waals surface area contributed by atoms with Crippen LogP contribution in [0.25, 0.3) is 5.69 Å². The molecule has 0 saturated heterocycles. The Hall–Kier alpha value is -2.18. The number of methoxy groups -OCH3 is 1. The molecule has 0 atom stereocenters. The summed E-state index contributed by atoms with van der Waals surface area (Å²) in [5.41, 5.74) is 4.10. The van der Waals surface area contributed by atoms with Crippen LogP contribution >= 0.6 is 23.5 Å². The van der Waals surface area contributed by atoms with Crippen LogP contribution in [0.2, 0.25) is 0 Å². The summed E-state index contributed by atoms with van der Waals surface area (Å²) in [5, 5.41) is 0.715. The van der Waals surface area contributed by atoms with E-state index in [4.69, 9.17) is 9.72 Å². The van der Waals surface area contributed by atoms with Crippen molar-refractivity contribution in [2.24, 2.45) is 0 Å². The summed E-state index contributed by atoms with van der Waals surface area (Å²) in [6, 6.07) is 16.0. The van der Waals surface area contributed by atoms with Crippen molar-refractivity contribution >= 4 is 23.5 Å². The number of ether oxygens (including phenoxy) is 1. The molecule has 0 saturated carbocycles. The minimum atomic E-state index is -0.00116. The number of aryl methyl sites for hydroxylation is 2. The van der Waals surface area contributed by atoms with Crippen LogP contribution in [0.15, 0.2) is 63.4 Å². The van der Waals surface area contributed by atoms with Gasteiger partial charge in [0.25, 0.3) is 5.56 Å². The lowest BCUT2D eigenvalue weighted by Gasteiger charge is -2.16. The number of thioether (sulfide) groups is 2. The van der Waals surface area contributed by atoms with Crippen LogP contribution in [0.5, 0.6) is 5.75 Å². The zero-order chi connectivity index (χ0) is 18.8. The second-order valence-corrected chi connectivity index (χ2v) is 8.41. The van der Waals surface area contributed by atoms with Crippen LogP contribution < -0.4 is 10.3 Å². The maximum absolute atomic E-state index is 13.2. The SMILES string of the molecule is COc1ccccc1-n1c(SCc2cccc(C)c2)nc2c(c1=O)SCC2.